The highest BCUT2D eigenvalue weighted by atomic mass is 32.1. The fourth-order valence-electron chi connectivity index (χ4n) is 4.00. The molecule has 3 aromatic rings. The number of carboxylic acids is 2. The average Bonchev–Trinajstić information content (AvgIpc) is 3.58. The standard InChI is InChI=1S/C25H31N7O7S/c26-16(8-14-10-27-12-29-14)22(35)30-18(5-6-21(33)34)23(36)32-20(11-40)24(37)31-19(25(38)39)7-13-9-28-17-4-2-1-3-15(13)17/h1-4,9-10,12,16,18-20,28,40H,5-8,11,26H2,(H,27,29)(H,30,35)(H,31,37)(H,32,36)(H,33,34)(H,38,39). The molecule has 0 spiro atoms. The number of hydrogen-bond acceptors (Lipinski definition) is 8. The molecule has 0 saturated heterocycles. The summed E-state index contributed by atoms with van der Waals surface area (Å²) in [4.78, 5) is 71.4. The first-order chi connectivity index (χ1) is 19.1. The summed E-state index contributed by atoms with van der Waals surface area (Å²) in [5.41, 5.74) is 8.00. The Hall–Kier alpha value is -4.37. The summed E-state index contributed by atoms with van der Waals surface area (Å²) in [6.07, 6.45) is 3.91. The summed E-state index contributed by atoms with van der Waals surface area (Å²) in [7, 11) is 0. The Labute approximate surface area is 233 Å². The predicted octanol–water partition coefficient (Wildman–Crippen LogP) is -0.663. The van der Waals surface area contributed by atoms with Crippen LogP contribution in [0.25, 0.3) is 10.9 Å². The van der Waals surface area contributed by atoms with Crippen LogP contribution in [-0.2, 0) is 36.8 Å². The highest BCUT2D eigenvalue weighted by Gasteiger charge is 2.30. The lowest BCUT2D eigenvalue weighted by atomic mass is 10.0. The number of nitrogens with zero attached hydrogens (tertiary/aromatic N) is 1. The zero-order chi connectivity index (χ0) is 29.2. The second-order valence-corrected chi connectivity index (χ2v) is 9.45. The molecule has 4 atom stereocenters. The molecule has 4 unspecified atom stereocenters. The Morgan fingerprint density at radius 1 is 0.925 bits per heavy atom. The maximum atomic E-state index is 13.0. The van der Waals surface area contributed by atoms with Crippen molar-refractivity contribution >= 4 is 53.2 Å². The molecule has 0 fully saturated rings. The van der Waals surface area contributed by atoms with E-state index in [4.69, 9.17) is 10.8 Å². The molecule has 2 aromatic heterocycles. The number of nitrogens with two attached hydrogens (primary N) is 1. The monoisotopic (exact) mass is 573 g/mol. The van der Waals surface area contributed by atoms with Gasteiger partial charge in [-0.2, -0.15) is 12.6 Å². The number of hydrogen-bond donors (Lipinski definition) is 9. The van der Waals surface area contributed by atoms with E-state index in [1.54, 1.807) is 6.20 Å². The number of amides is 3. The topological polar surface area (TPSA) is 232 Å². The molecule has 214 valence electrons. The van der Waals surface area contributed by atoms with Crippen molar-refractivity contribution in [3.05, 3.63) is 54.2 Å². The van der Waals surface area contributed by atoms with Crippen molar-refractivity contribution in [2.24, 2.45) is 5.73 Å². The van der Waals surface area contributed by atoms with E-state index >= 15 is 0 Å². The molecule has 0 radical (unpaired) electrons. The van der Waals surface area contributed by atoms with E-state index in [0.29, 0.717) is 11.3 Å². The zero-order valence-electron chi connectivity index (χ0n) is 21.3. The summed E-state index contributed by atoms with van der Waals surface area (Å²) in [5, 5.41) is 26.9. The molecule has 9 N–H and O–H groups in total. The molecule has 40 heavy (non-hydrogen) atoms. The first-order valence-electron chi connectivity index (χ1n) is 12.3. The molecular formula is C25H31N7O7S. The lowest BCUT2D eigenvalue weighted by Crippen LogP contribution is -2.58. The van der Waals surface area contributed by atoms with Gasteiger partial charge in [-0.1, -0.05) is 18.2 Å². The van der Waals surface area contributed by atoms with E-state index < -0.39 is 60.2 Å². The summed E-state index contributed by atoms with van der Waals surface area (Å²) in [5.74, 6) is -5.04. The van der Waals surface area contributed by atoms with E-state index in [9.17, 15) is 29.1 Å². The van der Waals surface area contributed by atoms with Crippen molar-refractivity contribution < 1.29 is 34.2 Å². The van der Waals surface area contributed by atoms with Crippen LogP contribution >= 0.6 is 12.6 Å². The summed E-state index contributed by atoms with van der Waals surface area (Å²) >= 11 is 4.11. The summed E-state index contributed by atoms with van der Waals surface area (Å²) < 4.78 is 0. The number of rotatable bonds is 15. The lowest BCUT2D eigenvalue weighted by molar-refractivity contribution is -0.142. The van der Waals surface area contributed by atoms with Gasteiger partial charge in [-0.3, -0.25) is 19.2 Å². The van der Waals surface area contributed by atoms with Gasteiger partial charge < -0.3 is 41.9 Å². The third kappa shape index (κ3) is 8.31. The minimum absolute atomic E-state index is 0.0240. The van der Waals surface area contributed by atoms with Crippen LogP contribution in [0.1, 0.15) is 24.1 Å². The highest BCUT2D eigenvalue weighted by molar-refractivity contribution is 7.80. The molecule has 2 heterocycles. The highest BCUT2D eigenvalue weighted by Crippen LogP contribution is 2.19. The van der Waals surface area contributed by atoms with E-state index in [-0.39, 0.29) is 25.0 Å². The number of aliphatic carboxylic acids is 2. The summed E-state index contributed by atoms with van der Waals surface area (Å²) in [6.45, 7) is 0. The third-order valence-corrected chi connectivity index (χ3v) is 6.51. The SMILES string of the molecule is NC(Cc1cnc[nH]1)C(=O)NC(CCC(=O)O)C(=O)NC(CS)C(=O)NC(Cc1c[nH]c2ccccc12)C(=O)O. The van der Waals surface area contributed by atoms with Crippen LogP contribution < -0.4 is 21.7 Å². The van der Waals surface area contributed by atoms with Crippen molar-refractivity contribution in [2.75, 3.05) is 5.75 Å². The van der Waals surface area contributed by atoms with E-state index in [0.717, 1.165) is 10.9 Å². The normalized spacial score (nSPS) is 14.1. The van der Waals surface area contributed by atoms with Crippen LogP contribution in [0.5, 0.6) is 0 Å². The molecular weight excluding hydrogens is 542 g/mol. The van der Waals surface area contributed by atoms with Gasteiger partial charge in [-0.25, -0.2) is 9.78 Å². The number of carbonyl (C=O) groups excluding carboxylic acids is 3. The van der Waals surface area contributed by atoms with Crippen molar-refractivity contribution in [3.8, 4) is 0 Å². The number of thiol groups is 1. The molecule has 15 heteroatoms. The second-order valence-electron chi connectivity index (χ2n) is 9.09. The minimum Gasteiger partial charge on any atom is -0.481 e. The number of imidazole rings is 1. The smallest absolute Gasteiger partial charge is 0.326 e. The molecule has 14 nitrogen and oxygen atoms in total. The number of aromatic nitrogens is 3. The van der Waals surface area contributed by atoms with Gasteiger partial charge in [0.15, 0.2) is 0 Å². The number of carbonyl (C=O) groups is 5. The van der Waals surface area contributed by atoms with Crippen molar-refractivity contribution in [1.82, 2.24) is 30.9 Å². The first-order valence-corrected chi connectivity index (χ1v) is 13.0. The van der Waals surface area contributed by atoms with Crippen LogP contribution in [-0.4, -0.2) is 84.7 Å². The molecule has 0 aliphatic heterocycles. The largest absolute Gasteiger partial charge is 0.481 e. The van der Waals surface area contributed by atoms with Crippen molar-refractivity contribution in [1.29, 1.82) is 0 Å². The second kappa shape index (κ2) is 14.1. The van der Waals surface area contributed by atoms with E-state index in [1.165, 1.54) is 12.5 Å². The Morgan fingerprint density at radius 3 is 2.25 bits per heavy atom. The maximum Gasteiger partial charge on any atom is 0.326 e. The van der Waals surface area contributed by atoms with Crippen LogP contribution in [0.3, 0.4) is 0 Å². The molecule has 1 aromatic carbocycles. The predicted molar refractivity (Wildman–Crippen MR) is 146 cm³/mol. The maximum absolute atomic E-state index is 13.0. The zero-order valence-corrected chi connectivity index (χ0v) is 22.2. The van der Waals surface area contributed by atoms with Gasteiger partial charge >= 0.3 is 11.9 Å². The van der Waals surface area contributed by atoms with Crippen LogP contribution in [0.2, 0.25) is 0 Å². The van der Waals surface area contributed by atoms with Gasteiger partial charge in [-0.05, 0) is 18.1 Å². The number of aromatic amines is 2. The fraction of sp³-hybridized carbons (Fsp3) is 0.360. The Morgan fingerprint density at radius 2 is 1.60 bits per heavy atom. The number of nitrogens with one attached hydrogen (secondary N) is 5. The quantitative estimate of drug-likeness (QED) is 0.105. The van der Waals surface area contributed by atoms with E-state index in [2.05, 4.69) is 43.5 Å². The van der Waals surface area contributed by atoms with E-state index in [1.807, 2.05) is 24.3 Å². The number of carboxylic acid groups (broad SMARTS) is 2. The molecule has 0 aliphatic rings. The summed E-state index contributed by atoms with van der Waals surface area (Å²) in [6, 6.07) is 2.33. The van der Waals surface area contributed by atoms with Gasteiger partial charge in [0, 0.05) is 54.0 Å². The van der Waals surface area contributed by atoms with Crippen molar-refractivity contribution in [2.45, 2.75) is 49.9 Å². The van der Waals surface area contributed by atoms with Gasteiger partial charge in [-0.15, -0.1) is 0 Å². The van der Waals surface area contributed by atoms with Crippen LogP contribution in [0.15, 0.2) is 43.0 Å². The van der Waals surface area contributed by atoms with Crippen molar-refractivity contribution in [3.63, 3.8) is 0 Å². The van der Waals surface area contributed by atoms with Gasteiger partial charge in [0.05, 0.1) is 12.4 Å². The number of H-pyrrole nitrogens is 2. The first kappa shape index (κ1) is 30.2. The van der Waals surface area contributed by atoms with Crippen LogP contribution in [0.4, 0.5) is 0 Å². The van der Waals surface area contributed by atoms with Crippen LogP contribution in [0, 0.1) is 0 Å². The molecule has 3 amide bonds. The Balaban J connectivity index is 1.66. The molecule has 3 rings (SSSR count). The number of para-hydroxylation sites is 1. The third-order valence-electron chi connectivity index (χ3n) is 6.14. The van der Waals surface area contributed by atoms with Gasteiger partial charge in [0.25, 0.3) is 0 Å². The lowest BCUT2D eigenvalue weighted by Gasteiger charge is -2.24. The van der Waals surface area contributed by atoms with Gasteiger partial charge in [0.2, 0.25) is 17.7 Å². The minimum atomic E-state index is -1.33. The molecule has 0 aliphatic carbocycles. The Kier molecular flexibility index (Phi) is 10.7. The number of benzene rings is 1. The average molecular weight is 574 g/mol. The number of fused-ring (bicyclic) bond motifs is 1. The molecule has 0 bridgehead atoms. The molecule has 0 saturated carbocycles. The fourth-order valence-corrected chi connectivity index (χ4v) is 4.26. The van der Waals surface area contributed by atoms with Gasteiger partial charge in [0.1, 0.15) is 18.1 Å². The Bertz CT molecular complexity index is 1340.